The standard InChI is InChI=1S/C14H13FN2S/c1-2-3-8-16-9-13-10-18-14(17-13)11-4-6-12(15)7-5-11/h1,4-7,10,16H,3,8-9H2. The molecule has 0 atom stereocenters. The molecule has 0 aliphatic carbocycles. The molecule has 0 saturated carbocycles. The molecule has 1 aromatic carbocycles. The molecule has 1 aromatic heterocycles. The molecule has 0 aliphatic rings. The molecule has 18 heavy (non-hydrogen) atoms. The third-order valence-corrected chi connectivity index (χ3v) is 3.34. The number of benzene rings is 1. The summed E-state index contributed by atoms with van der Waals surface area (Å²) in [6.45, 7) is 1.50. The Morgan fingerprint density at radius 3 is 2.83 bits per heavy atom. The number of halogens is 1. The summed E-state index contributed by atoms with van der Waals surface area (Å²) in [5, 5.41) is 6.13. The SMILES string of the molecule is C#CCCNCc1csc(-c2ccc(F)cc2)n1. The quantitative estimate of drug-likeness (QED) is 0.660. The van der Waals surface area contributed by atoms with E-state index in [1.165, 1.54) is 12.1 Å². The number of terminal acetylenes is 1. The Labute approximate surface area is 110 Å². The van der Waals surface area contributed by atoms with Crippen molar-refractivity contribution in [1.29, 1.82) is 0 Å². The van der Waals surface area contributed by atoms with E-state index in [1.807, 2.05) is 5.38 Å². The van der Waals surface area contributed by atoms with Crippen molar-refractivity contribution >= 4 is 11.3 Å². The third-order valence-electron chi connectivity index (χ3n) is 2.40. The molecule has 4 heteroatoms. The molecule has 92 valence electrons. The Morgan fingerprint density at radius 2 is 2.11 bits per heavy atom. The Morgan fingerprint density at radius 1 is 1.33 bits per heavy atom. The van der Waals surface area contributed by atoms with Gasteiger partial charge in [-0.15, -0.1) is 23.7 Å². The van der Waals surface area contributed by atoms with E-state index in [9.17, 15) is 4.39 Å². The zero-order valence-electron chi connectivity index (χ0n) is 9.82. The lowest BCUT2D eigenvalue weighted by Gasteiger charge is -1.98. The molecule has 2 rings (SSSR count). The third kappa shape index (κ3) is 3.39. The molecule has 0 amide bonds. The van der Waals surface area contributed by atoms with Crippen LogP contribution < -0.4 is 5.32 Å². The summed E-state index contributed by atoms with van der Waals surface area (Å²) in [5.41, 5.74) is 1.92. The molecule has 0 spiro atoms. The molecular weight excluding hydrogens is 247 g/mol. The summed E-state index contributed by atoms with van der Waals surface area (Å²) < 4.78 is 12.8. The number of nitrogens with zero attached hydrogens (tertiary/aromatic N) is 1. The van der Waals surface area contributed by atoms with Crippen LogP contribution >= 0.6 is 11.3 Å². The Hall–Kier alpha value is -1.70. The average molecular weight is 260 g/mol. The topological polar surface area (TPSA) is 24.9 Å². The Bertz CT molecular complexity index is 540. The summed E-state index contributed by atoms with van der Waals surface area (Å²) in [7, 11) is 0. The number of thiazole rings is 1. The minimum atomic E-state index is -0.230. The average Bonchev–Trinajstić information content (AvgIpc) is 2.84. The van der Waals surface area contributed by atoms with Crippen LogP contribution in [0.1, 0.15) is 12.1 Å². The van der Waals surface area contributed by atoms with Gasteiger partial charge < -0.3 is 5.32 Å². The highest BCUT2D eigenvalue weighted by Gasteiger charge is 2.04. The molecule has 0 unspecified atom stereocenters. The van der Waals surface area contributed by atoms with Crippen molar-refractivity contribution in [3.8, 4) is 22.9 Å². The predicted octanol–water partition coefficient (Wildman–Crippen LogP) is 3.06. The molecule has 0 fully saturated rings. The fraction of sp³-hybridized carbons (Fsp3) is 0.214. The lowest BCUT2D eigenvalue weighted by atomic mass is 10.2. The number of aromatic nitrogens is 1. The lowest BCUT2D eigenvalue weighted by Crippen LogP contribution is -2.14. The summed E-state index contributed by atoms with van der Waals surface area (Å²) in [6.07, 6.45) is 5.88. The van der Waals surface area contributed by atoms with Crippen LogP contribution in [0.5, 0.6) is 0 Å². The maximum absolute atomic E-state index is 12.8. The zero-order chi connectivity index (χ0) is 12.8. The van der Waals surface area contributed by atoms with Gasteiger partial charge in [0.05, 0.1) is 5.69 Å². The van der Waals surface area contributed by atoms with E-state index in [0.29, 0.717) is 6.54 Å². The van der Waals surface area contributed by atoms with Crippen LogP contribution in [0.2, 0.25) is 0 Å². The van der Waals surface area contributed by atoms with Gasteiger partial charge in [-0.25, -0.2) is 9.37 Å². The van der Waals surface area contributed by atoms with Gasteiger partial charge in [-0.1, -0.05) is 0 Å². The maximum Gasteiger partial charge on any atom is 0.123 e. The van der Waals surface area contributed by atoms with Gasteiger partial charge >= 0.3 is 0 Å². The Kier molecular flexibility index (Phi) is 4.46. The molecular formula is C14H13FN2S. The van der Waals surface area contributed by atoms with Gasteiger partial charge in [0.15, 0.2) is 0 Å². The number of rotatable bonds is 5. The van der Waals surface area contributed by atoms with E-state index in [-0.39, 0.29) is 5.82 Å². The smallest absolute Gasteiger partial charge is 0.123 e. The van der Waals surface area contributed by atoms with Gasteiger partial charge in [0.25, 0.3) is 0 Å². The molecule has 0 radical (unpaired) electrons. The number of hydrogen-bond acceptors (Lipinski definition) is 3. The van der Waals surface area contributed by atoms with Gasteiger partial charge in [0.1, 0.15) is 10.8 Å². The first-order valence-electron chi connectivity index (χ1n) is 5.64. The van der Waals surface area contributed by atoms with Crippen LogP contribution in [0.25, 0.3) is 10.6 Å². The summed E-state index contributed by atoms with van der Waals surface area (Å²) in [6, 6.07) is 6.37. The van der Waals surface area contributed by atoms with E-state index in [2.05, 4.69) is 16.2 Å². The zero-order valence-corrected chi connectivity index (χ0v) is 10.6. The minimum absolute atomic E-state index is 0.230. The molecule has 0 aliphatic heterocycles. The van der Waals surface area contributed by atoms with Gasteiger partial charge in [0.2, 0.25) is 0 Å². The van der Waals surface area contributed by atoms with E-state index in [4.69, 9.17) is 6.42 Å². The molecule has 0 bridgehead atoms. The van der Waals surface area contributed by atoms with E-state index < -0.39 is 0 Å². The highest BCUT2D eigenvalue weighted by atomic mass is 32.1. The van der Waals surface area contributed by atoms with Gasteiger partial charge in [-0.05, 0) is 24.3 Å². The second-order valence-corrected chi connectivity index (χ2v) is 4.64. The van der Waals surface area contributed by atoms with Gasteiger partial charge in [-0.3, -0.25) is 0 Å². The number of nitrogens with one attached hydrogen (secondary N) is 1. The molecule has 1 N–H and O–H groups in total. The molecule has 1 heterocycles. The summed E-state index contributed by atoms with van der Waals surface area (Å²) in [4.78, 5) is 4.49. The van der Waals surface area contributed by atoms with Crippen molar-refractivity contribution in [1.82, 2.24) is 10.3 Å². The minimum Gasteiger partial charge on any atom is -0.310 e. The van der Waals surface area contributed by atoms with Crippen LogP contribution in [0.3, 0.4) is 0 Å². The van der Waals surface area contributed by atoms with Crippen LogP contribution in [-0.2, 0) is 6.54 Å². The first kappa shape index (κ1) is 12.7. The maximum atomic E-state index is 12.8. The predicted molar refractivity (Wildman–Crippen MR) is 72.7 cm³/mol. The van der Waals surface area contributed by atoms with Crippen molar-refractivity contribution in [3.63, 3.8) is 0 Å². The highest BCUT2D eigenvalue weighted by molar-refractivity contribution is 7.13. The largest absolute Gasteiger partial charge is 0.310 e. The summed E-state index contributed by atoms with van der Waals surface area (Å²) in [5.74, 6) is 2.34. The van der Waals surface area contributed by atoms with E-state index in [0.717, 1.165) is 29.2 Å². The fourth-order valence-corrected chi connectivity index (χ4v) is 2.32. The second-order valence-electron chi connectivity index (χ2n) is 3.78. The van der Waals surface area contributed by atoms with Gasteiger partial charge in [0, 0.05) is 30.5 Å². The lowest BCUT2D eigenvalue weighted by molar-refractivity contribution is 0.628. The first-order valence-corrected chi connectivity index (χ1v) is 6.52. The Balaban J connectivity index is 1.97. The normalized spacial score (nSPS) is 10.2. The van der Waals surface area contributed by atoms with Crippen LogP contribution in [0.15, 0.2) is 29.6 Å². The second kappa shape index (κ2) is 6.29. The van der Waals surface area contributed by atoms with Crippen LogP contribution in [-0.4, -0.2) is 11.5 Å². The highest BCUT2D eigenvalue weighted by Crippen LogP contribution is 2.23. The first-order chi connectivity index (χ1) is 8.79. The van der Waals surface area contributed by atoms with E-state index >= 15 is 0 Å². The van der Waals surface area contributed by atoms with Crippen LogP contribution in [0, 0.1) is 18.2 Å². The summed E-state index contributed by atoms with van der Waals surface area (Å²) >= 11 is 1.56. The fourth-order valence-electron chi connectivity index (χ4n) is 1.49. The van der Waals surface area contributed by atoms with Gasteiger partial charge in [-0.2, -0.15) is 0 Å². The van der Waals surface area contributed by atoms with Crippen molar-refractivity contribution in [3.05, 3.63) is 41.2 Å². The van der Waals surface area contributed by atoms with E-state index in [1.54, 1.807) is 23.5 Å². The van der Waals surface area contributed by atoms with Crippen molar-refractivity contribution < 1.29 is 4.39 Å². The van der Waals surface area contributed by atoms with Crippen LogP contribution in [0.4, 0.5) is 4.39 Å². The van der Waals surface area contributed by atoms with Crippen molar-refractivity contribution in [2.75, 3.05) is 6.54 Å². The molecule has 2 aromatic rings. The molecule has 0 saturated heterocycles. The monoisotopic (exact) mass is 260 g/mol. The molecule has 2 nitrogen and oxygen atoms in total. The number of hydrogen-bond donors (Lipinski definition) is 1. The van der Waals surface area contributed by atoms with Crippen molar-refractivity contribution in [2.45, 2.75) is 13.0 Å². The van der Waals surface area contributed by atoms with Crippen molar-refractivity contribution in [2.24, 2.45) is 0 Å².